The third-order valence-electron chi connectivity index (χ3n) is 7.49. The van der Waals surface area contributed by atoms with Crippen molar-refractivity contribution in [3.05, 3.63) is 60.2 Å². The number of hydrogen-bond donors (Lipinski definition) is 4. The minimum Gasteiger partial charge on any atom is -0.457 e. The van der Waals surface area contributed by atoms with Crippen LogP contribution in [0.1, 0.15) is 66.8 Å². The zero-order valence-electron chi connectivity index (χ0n) is 31.0. The van der Waals surface area contributed by atoms with E-state index in [0.717, 1.165) is 24.2 Å². The van der Waals surface area contributed by atoms with Crippen LogP contribution >= 0.6 is 0 Å². The second kappa shape index (κ2) is 31.5. The van der Waals surface area contributed by atoms with Gasteiger partial charge in [-0.05, 0) is 92.5 Å². The molecule has 0 radical (unpaired) electrons. The molecule has 0 aliphatic heterocycles. The second-order valence-electron chi connectivity index (χ2n) is 11.2. The van der Waals surface area contributed by atoms with Crippen molar-refractivity contribution in [1.82, 2.24) is 9.97 Å². The topological polar surface area (TPSA) is 272 Å². The van der Waals surface area contributed by atoms with Crippen molar-refractivity contribution in [1.29, 1.82) is 0 Å². The molecule has 2 heterocycles. The summed E-state index contributed by atoms with van der Waals surface area (Å²) in [6, 6.07) is 11.6. The fraction of sp³-hybridized carbons (Fsp3) is 0.471. The van der Waals surface area contributed by atoms with E-state index < -0.39 is 0 Å². The van der Waals surface area contributed by atoms with Gasteiger partial charge >= 0.3 is 34.1 Å². The molecule has 0 aliphatic rings. The first-order chi connectivity index (χ1) is 22.9. The fourth-order valence-corrected chi connectivity index (χ4v) is 3.81. The molecule has 2 aromatic heterocycles. The van der Waals surface area contributed by atoms with Gasteiger partial charge in [0.05, 0.1) is 45.7 Å². The molecule has 0 aromatic carbocycles. The molecule has 18 heteroatoms. The molecule has 0 spiro atoms. The Morgan fingerprint density at radius 2 is 0.712 bits per heavy atom. The summed E-state index contributed by atoms with van der Waals surface area (Å²) in [5.74, 6) is 0.283. The maximum absolute atomic E-state index is 8.81. The smallest absolute Gasteiger partial charge is 0.457 e. The first-order valence-electron chi connectivity index (χ1n) is 15.6. The van der Waals surface area contributed by atoms with Gasteiger partial charge in [0.2, 0.25) is 0 Å². The Balaban J connectivity index is -0.000000411. The van der Waals surface area contributed by atoms with Crippen LogP contribution in [0.15, 0.2) is 89.4 Å². The molecule has 0 atom stereocenters. The van der Waals surface area contributed by atoms with Crippen LogP contribution in [0.3, 0.4) is 0 Å². The molecule has 0 bridgehead atoms. The molecular formula is C34H56Cu2N10O6+4. The zero-order chi connectivity index (χ0) is 35.9. The molecule has 296 valence electrons. The van der Waals surface area contributed by atoms with Crippen molar-refractivity contribution in [3.8, 4) is 0 Å². The van der Waals surface area contributed by atoms with E-state index in [9.17, 15) is 0 Å². The summed E-state index contributed by atoms with van der Waals surface area (Å²) >= 11 is 0. The van der Waals surface area contributed by atoms with E-state index in [-0.39, 0.29) is 56.9 Å². The molecule has 16 nitrogen and oxygen atoms in total. The third kappa shape index (κ3) is 22.6. The predicted molar refractivity (Wildman–Crippen MR) is 204 cm³/mol. The first kappa shape index (κ1) is 54.6. The number of nitrogens with zero attached hydrogens (tertiary/aromatic N) is 10. The molecule has 0 unspecified atom stereocenters. The summed E-state index contributed by atoms with van der Waals surface area (Å²) in [6.45, 7) is 16.2. The SMILES string of the molecule is CC(=NO)C(C)=NCC(CN=C(C)C(C)=NO)Cc1ccccn1.CC(=NO)C(C)=NCC(CN=C(C)C(C)=NO)Cc1ccccn1.[Cu+].[Cu+].[OH3+].[OH3+]. The summed E-state index contributed by atoms with van der Waals surface area (Å²) in [5.41, 5.74) is 6.70. The van der Waals surface area contributed by atoms with Gasteiger partial charge in [-0.1, -0.05) is 32.8 Å². The molecular weight excluding hydrogens is 772 g/mol. The number of rotatable bonds is 16. The maximum Gasteiger partial charge on any atom is 1.00 e. The Morgan fingerprint density at radius 1 is 0.462 bits per heavy atom. The van der Waals surface area contributed by atoms with Crippen LogP contribution in [0, 0.1) is 11.8 Å². The third-order valence-corrected chi connectivity index (χ3v) is 7.49. The number of aromatic nitrogens is 2. The van der Waals surface area contributed by atoms with Crippen LogP contribution in [0.25, 0.3) is 0 Å². The van der Waals surface area contributed by atoms with E-state index in [1.807, 2.05) is 64.1 Å². The Hall–Kier alpha value is -4.18. The molecule has 10 N–H and O–H groups in total. The normalized spacial score (nSPS) is 14.3. The van der Waals surface area contributed by atoms with E-state index in [2.05, 4.69) is 50.6 Å². The largest absolute Gasteiger partial charge is 1.00 e. The number of aliphatic imine (C=N–C) groups is 4. The Labute approximate surface area is 327 Å². The minimum absolute atomic E-state index is 0. The first-order valence-corrected chi connectivity index (χ1v) is 15.6. The van der Waals surface area contributed by atoms with Crippen LogP contribution in [0.4, 0.5) is 0 Å². The molecule has 0 saturated carbocycles. The van der Waals surface area contributed by atoms with E-state index >= 15 is 0 Å². The summed E-state index contributed by atoms with van der Waals surface area (Å²) in [6.07, 6.45) is 5.00. The molecule has 0 aliphatic carbocycles. The van der Waals surface area contributed by atoms with Crippen LogP contribution in [0.5, 0.6) is 0 Å². The number of hydrogen-bond acceptors (Lipinski definition) is 14. The minimum atomic E-state index is 0. The van der Waals surface area contributed by atoms with Gasteiger partial charge in [0, 0.05) is 61.8 Å². The fourth-order valence-electron chi connectivity index (χ4n) is 3.81. The van der Waals surface area contributed by atoms with Gasteiger partial charge in [-0.25, -0.2) is 0 Å². The average molecular weight is 828 g/mol. The summed E-state index contributed by atoms with van der Waals surface area (Å²) in [4.78, 5) is 26.6. The van der Waals surface area contributed by atoms with Crippen molar-refractivity contribution < 1.29 is 65.9 Å². The van der Waals surface area contributed by atoms with E-state index in [1.54, 1.807) is 40.1 Å². The molecule has 52 heavy (non-hydrogen) atoms. The predicted octanol–water partition coefficient (Wildman–Crippen LogP) is 3.88. The van der Waals surface area contributed by atoms with Crippen molar-refractivity contribution >= 4 is 45.7 Å². The van der Waals surface area contributed by atoms with Crippen molar-refractivity contribution in [2.24, 2.45) is 52.4 Å². The average Bonchev–Trinajstić information content (AvgIpc) is 3.12. The van der Waals surface area contributed by atoms with Crippen molar-refractivity contribution in [3.63, 3.8) is 0 Å². The van der Waals surface area contributed by atoms with Gasteiger partial charge in [-0.15, -0.1) is 0 Å². The van der Waals surface area contributed by atoms with E-state index in [4.69, 9.17) is 20.8 Å². The molecule has 2 aromatic rings. The van der Waals surface area contributed by atoms with Crippen LogP contribution in [-0.2, 0) is 57.9 Å². The molecule has 2 rings (SSSR count). The van der Waals surface area contributed by atoms with Gasteiger partial charge in [0.15, 0.2) is 0 Å². The Kier molecular flexibility index (Phi) is 33.1. The summed E-state index contributed by atoms with van der Waals surface area (Å²) in [5, 5.41) is 47.9. The monoisotopic (exact) mass is 826 g/mol. The standard InChI is InChI=1S/2C17H25N5O2.2Cu.2H2O/c2*1-12(14(3)21-23)19-10-16(9-17-7-5-6-8-18-17)11-20-13(2)15(4)22-24;;;;/h2*5-8,16,23-24H,9-11H2,1-4H3;;;2*1H2/q;;2*+1;;/p+2. The second-order valence-corrected chi connectivity index (χ2v) is 11.2. The zero-order valence-corrected chi connectivity index (χ0v) is 32.9. The van der Waals surface area contributed by atoms with Gasteiger partial charge < -0.3 is 31.8 Å². The van der Waals surface area contributed by atoms with Gasteiger partial charge in [0.25, 0.3) is 0 Å². The van der Waals surface area contributed by atoms with Crippen LogP contribution < -0.4 is 0 Å². The summed E-state index contributed by atoms with van der Waals surface area (Å²) < 4.78 is 0. The van der Waals surface area contributed by atoms with Gasteiger partial charge in [0.1, 0.15) is 0 Å². The maximum atomic E-state index is 8.81. The van der Waals surface area contributed by atoms with Gasteiger partial charge in [-0.3, -0.25) is 29.9 Å². The quantitative estimate of drug-likeness (QED) is 0.0641. The van der Waals surface area contributed by atoms with Crippen LogP contribution in [-0.4, -0.2) is 103 Å². The molecule has 0 fully saturated rings. The Morgan fingerprint density at radius 3 is 0.904 bits per heavy atom. The number of pyridine rings is 2. The van der Waals surface area contributed by atoms with Crippen molar-refractivity contribution in [2.45, 2.75) is 68.2 Å². The van der Waals surface area contributed by atoms with E-state index in [0.29, 0.717) is 71.9 Å². The Bertz CT molecular complexity index is 1330. The van der Waals surface area contributed by atoms with Gasteiger partial charge in [-0.2, -0.15) is 0 Å². The van der Waals surface area contributed by atoms with Crippen molar-refractivity contribution in [2.75, 3.05) is 26.2 Å². The molecule has 0 amide bonds. The number of oxime groups is 4. The van der Waals surface area contributed by atoms with Crippen LogP contribution in [0.2, 0.25) is 0 Å². The van der Waals surface area contributed by atoms with E-state index in [1.165, 1.54) is 0 Å². The summed E-state index contributed by atoms with van der Waals surface area (Å²) in [7, 11) is 0. The molecule has 0 saturated heterocycles.